The average Bonchev–Trinajstić information content (AvgIpc) is 2.87. The van der Waals surface area contributed by atoms with Gasteiger partial charge in [0.1, 0.15) is 17.4 Å². The summed E-state index contributed by atoms with van der Waals surface area (Å²) in [6, 6.07) is 16.4. The molecule has 8 heteroatoms. The van der Waals surface area contributed by atoms with Crippen LogP contribution in [0.2, 0.25) is 0 Å². The van der Waals surface area contributed by atoms with Crippen molar-refractivity contribution in [2.24, 2.45) is 5.73 Å². The third-order valence-electron chi connectivity index (χ3n) is 6.44. The SMILES string of the molecule is COc1ccc(C(=O)N(Cc2cccc(NC(=O)c3cc(F)cc(F)c3)c2)C2CCCCC2N)cc1. The third kappa shape index (κ3) is 6.07. The van der Waals surface area contributed by atoms with Crippen molar-refractivity contribution in [1.29, 1.82) is 0 Å². The lowest BCUT2D eigenvalue weighted by atomic mass is 9.89. The molecule has 0 spiro atoms. The second-order valence-corrected chi connectivity index (χ2v) is 8.99. The highest BCUT2D eigenvalue weighted by Gasteiger charge is 2.31. The Morgan fingerprint density at radius 3 is 2.33 bits per heavy atom. The molecule has 0 radical (unpaired) electrons. The monoisotopic (exact) mass is 493 g/mol. The fraction of sp³-hybridized carbons (Fsp3) is 0.286. The van der Waals surface area contributed by atoms with Gasteiger partial charge in [-0.05, 0) is 66.9 Å². The lowest BCUT2D eigenvalue weighted by Gasteiger charge is -2.38. The molecule has 3 N–H and O–H groups in total. The van der Waals surface area contributed by atoms with Crippen LogP contribution in [-0.2, 0) is 6.54 Å². The summed E-state index contributed by atoms with van der Waals surface area (Å²) in [5.74, 6) is -1.76. The maximum absolute atomic E-state index is 13.6. The molecule has 0 aliphatic heterocycles. The van der Waals surface area contributed by atoms with Gasteiger partial charge in [-0.2, -0.15) is 0 Å². The predicted octanol–water partition coefficient (Wildman–Crippen LogP) is 5.14. The van der Waals surface area contributed by atoms with Gasteiger partial charge in [0.2, 0.25) is 0 Å². The van der Waals surface area contributed by atoms with Crippen molar-refractivity contribution < 1.29 is 23.1 Å². The van der Waals surface area contributed by atoms with Crippen LogP contribution in [0.15, 0.2) is 66.7 Å². The Bertz CT molecular complexity index is 1210. The predicted molar refractivity (Wildman–Crippen MR) is 134 cm³/mol. The molecule has 1 aliphatic carbocycles. The number of benzene rings is 3. The minimum absolute atomic E-state index is 0.123. The van der Waals surface area contributed by atoms with Crippen molar-refractivity contribution >= 4 is 17.5 Å². The van der Waals surface area contributed by atoms with Crippen LogP contribution in [0, 0.1) is 11.6 Å². The Balaban J connectivity index is 1.57. The number of carbonyl (C=O) groups is 2. The number of hydrogen-bond acceptors (Lipinski definition) is 4. The molecule has 4 rings (SSSR count). The second-order valence-electron chi connectivity index (χ2n) is 8.99. The number of nitrogens with zero attached hydrogens (tertiary/aromatic N) is 1. The zero-order valence-corrected chi connectivity index (χ0v) is 20.0. The van der Waals surface area contributed by atoms with E-state index in [1.807, 2.05) is 6.07 Å². The van der Waals surface area contributed by atoms with E-state index in [9.17, 15) is 18.4 Å². The molecule has 2 amide bonds. The fourth-order valence-electron chi connectivity index (χ4n) is 4.60. The smallest absolute Gasteiger partial charge is 0.255 e. The number of nitrogens with two attached hydrogens (primary N) is 1. The van der Waals surface area contributed by atoms with E-state index in [2.05, 4.69) is 5.32 Å². The van der Waals surface area contributed by atoms with E-state index in [4.69, 9.17) is 10.5 Å². The van der Waals surface area contributed by atoms with Gasteiger partial charge in [0.25, 0.3) is 11.8 Å². The molecule has 36 heavy (non-hydrogen) atoms. The Morgan fingerprint density at radius 1 is 0.972 bits per heavy atom. The molecule has 0 heterocycles. The maximum Gasteiger partial charge on any atom is 0.255 e. The van der Waals surface area contributed by atoms with Crippen LogP contribution < -0.4 is 15.8 Å². The summed E-state index contributed by atoms with van der Waals surface area (Å²) in [6.07, 6.45) is 3.68. The van der Waals surface area contributed by atoms with Crippen LogP contribution in [0.3, 0.4) is 0 Å². The number of hydrogen-bond donors (Lipinski definition) is 2. The molecular formula is C28H29F2N3O3. The van der Waals surface area contributed by atoms with Gasteiger partial charge in [0, 0.05) is 41.5 Å². The topological polar surface area (TPSA) is 84.7 Å². The zero-order valence-electron chi connectivity index (χ0n) is 20.0. The van der Waals surface area contributed by atoms with E-state index >= 15 is 0 Å². The molecule has 188 valence electrons. The standard InChI is InChI=1S/C28H29F2N3O3/c1-36-24-11-9-19(10-12-24)28(35)33(26-8-3-2-7-25(26)31)17-18-5-4-6-23(13-18)32-27(34)20-14-21(29)16-22(30)15-20/h4-6,9-16,25-26H,2-3,7-8,17,31H2,1H3,(H,32,34). The van der Waals surface area contributed by atoms with Gasteiger partial charge in [0.15, 0.2) is 0 Å². The summed E-state index contributed by atoms with van der Waals surface area (Å²) in [5, 5.41) is 2.67. The first-order valence-electron chi connectivity index (χ1n) is 11.9. The van der Waals surface area contributed by atoms with E-state index in [1.54, 1.807) is 54.5 Å². The average molecular weight is 494 g/mol. The Kier molecular flexibility index (Phi) is 7.95. The minimum Gasteiger partial charge on any atom is -0.497 e. The molecule has 6 nitrogen and oxygen atoms in total. The Morgan fingerprint density at radius 2 is 1.67 bits per heavy atom. The van der Waals surface area contributed by atoms with E-state index < -0.39 is 17.5 Å². The largest absolute Gasteiger partial charge is 0.497 e. The number of methoxy groups -OCH3 is 1. The highest BCUT2D eigenvalue weighted by Crippen LogP contribution is 2.26. The number of halogens is 2. The van der Waals surface area contributed by atoms with Gasteiger partial charge < -0.3 is 20.7 Å². The van der Waals surface area contributed by atoms with Gasteiger partial charge in [-0.1, -0.05) is 25.0 Å². The normalized spacial score (nSPS) is 17.3. The van der Waals surface area contributed by atoms with Crippen molar-refractivity contribution in [1.82, 2.24) is 4.90 Å². The summed E-state index contributed by atoms with van der Waals surface area (Å²) < 4.78 is 32.3. The molecule has 0 aromatic heterocycles. The molecule has 1 fully saturated rings. The summed E-state index contributed by atoms with van der Waals surface area (Å²) in [4.78, 5) is 27.9. The van der Waals surface area contributed by atoms with Crippen molar-refractivity contribution in [3.8, 4) is 5.75 Å². The second kappa shape index (κ2) is 11.3. The summed E-state index contributed by atoms with van der Waals surface area (Å²) >= 11 is 0. The van der Waals surface area contributed by atoms with Crippen LogP contribution in [0.5, 0.6) is 5.75 Å². The molecule has 1 saturated carbocycles. The van der Waals surface area contributed by atoms with Crippen molar-refractivity contribution in [3.05, 3.63) is 95.1 Å². The van der Waals surface area contributed by atoms with Gasteiger partial charge in [-0.3, -0.25) is 9.59 Å². The summed E-state index contributed by atoms with van der Waals surface area (Å²) in [6.45, 7) is 0.293. The lowest BCUT2D eigenvalue weighted by molar-refractivity contribution is 0.0583. The first kappa shape index (κ1) is 25.3. The van der Waals surface area contributed by atoms with E-state index in [0.717, 1.165) is 43.4 Å². The van der Waals surface area contributed by atoms with Gasteiger partial charge in [0.05, 0.1) is 7.11 Å². The fourth-order valence-corrected chi connectivity index (χ4v) is 4.60. The minimum atomic E-state index is -0.828. The van der Waals surface area contributed by atoms with Gasteiger partial charge in [-0.15, -0.1) is 0 Å². The number of rotatable bonds is 7. The van der Waals surface area contributed by atoms with Crippen LogP contribution in [0.25, 0.3) is 0 Å². The Labute approximate surface area is 209 Å². The molecule has 2 unspecified atom stereocenters. The molecule has 3 aromatic rings. The summed E-state index contributed by atoms with van der Waals surface area (Å²) in [7, 11) is 1.57. The maximum atomic E-state index is 13.6. The van der Waals surface area contributed by atoms with Crippen molar-refractivity contribution in [3.63, 3.8) is 0 Å². The molecule has 0 saturated heterocycles. The van der Waals surface area contributed by atoms with Crippen LogP contribution in [0.1, 0.15) is 52.0 Å². The van der Waals surface area contributed by atoms with Crippen molar-refractivity contribution in [2.45, 2.75) is 44.3 Å². The van der Waals surface area contributed by atoms with Crippen LogP contribution in [0.4, 0.5) is 14.5 Å². The molecule has 2 atom stereocenters. The van der Waals surface area contributed by atoms with Crippen LogP contribution in [-0.4, -0.2) is 35.9 Å². The number of ether oxygens (including phenoxy) is 1. The summed E-state index contributed by atoms with van der Waals surface area (Å²) in [5.41, 5.74) is 8.10. The lowest BCUT2D eigenvalue weighted by Crippen LogP contribution is -2.51. The molecule has 3 aromatic carbocycles. The van der Waals surface area contributed by atoms with E-state index in [0.29, 0.717) is 29.6 Å². The number of amides is 2. The number of anilines is 1. The van der Waals surface area contributed by atoms with Gasteiger partial charge >= 0.3 is 0 Å². The molecule has 0 bridgehead atoms. The van der Waals surface area contributed by atoms with Crippen molar-refractivity contribution in [2.75, 3.05) is 12.4 Å². The highest BCUT2D eigenvalue weighted by atomic mass is 19.1. The number of nitrogens with one attached hydrogen (secondary N) is 1. The third-order valence-corrected chi connectivity index (χ3v) is 6.44. The van der Waals surface area contributed by atoms with E-state index in [-0.39, 0.29) is 23.6 Å². The first-order valence-corrected chi connectivity index (χ1v) is 11.9. The Hall–Kier alpha value is -3.78. The van der Waals surface area contributed by atoms with Gasteiger partial charge in [-0.25, -0.2) is 8.78 Å². The highest BCUT2D eigenvalue weighted by molar-refractivity contribution is 6.04. The molecular weight excluding hydrogens is 464 g/mol. The zero-order chi connectivity index (χ0) is 25.7. The van der Waals surface area contributed by atoms with Crippen LogP contribution >= 0.6 is 0 Å². The first-order chi connectivity index (χ1) is 17.3. The molecule has 1 aliphatic rings. The number of carbonyl (C=O) groups excluding carboxylic acids is 2. The van der Waals surface area contributed by atoms with E-state index in [1.165, 1.54) is 0 Å². The quantitative estimate of drug-likeness (QED) is 0.478.